The summed E-state index contributed by atoms with van der Waals surface area (Å²) in [5.41, 5.74) is 6.53. The minimum Gasteiger partial charge on any atom is -0.381 e. The summed E-state index contributed by atoms with van der Waals surface area (Å²) >= 11 is 0. The van der Waals surface area contributed by atoms with Gasteiger partial charge in [0.25, 0.3) is 5.56 Å². The number of nitrogens with one attached hydrogen (secondary N) is 2. The number of para-hydroxylation sites is 1. The van der Waals surface area contributed by atoms with Crippen LogP contribution in [0.5, 0.6) is 0 Å². The third kappa shape index (κ3) is 4.35. The molecule has 1 saturated heterocycles. The number of aromatic nitrogens is 3. The molecule has 37 heavy (non-hydrogen) atoms. The highest BCUT2D eigenvalue weighted by Gasteiger charge is 2.23. The van der Waals surface area contributed by atoms with Crippen LogP contribution in [0.4, 0.5) is 34.4 Å². The van der Waals surface area contributed by atoms with E-state index in [-0.39, 0.29) is 5.56 Å². The molecular weight excluding hydrogens is 464 g/mol. The van der Waals surface area contributed by atoms with Crippen molar-refractivity contribution in [1.29, 1.82) is 0 Å². The van der Waals surface area contributed by atoms with Gasteiger partial charge in [0.1, 0.15) is 11.3 Å². The van der Waals surface area contributed by atoms with Crippen molar-refractivity contribution in [3.05, 3.63) is 70.6 Å². The number of fused-ring (bicyclic) bond motifs is 2. The number of benzene rings is 2. The van der Waals surface area contributed by atoms with Crippen LogP contribution in [0.15, 0.2) is 59.5 Å². The number of piperazine rings is 1. The first-order chi connectivity index (χ1) is 18.0. The van der Waals surface area contributed by atoms with E-state index < -0.39 is 0 Å². The van der Waals surface area contributed by atoms with Crippen molar-refractivity contribution in [2.75, 3.05) is 66.7 Å². The van der Waals surface area contributed by atoms with E-state index in [2.05, 4.69) is 68.6 Å². The van der Waals surface area contributed by atoms with Gasteiger partial charge in [-0.2, -0.15) is 4.98 Å². The Balaban J connectivity index is 1.27. The molecule has 2 aliphatic rings. The van der Waals surface area contributed by atoms with Gasteiger partial charge < -0.3 is 25.3 Å². The third-order valence-corrected chi connectivity index (χ3v) is 7.39. The van der Waals surface area contributed by atoms with Crippen molar-refractivity contribution >= 4 is 45.4 Å². The number of anilines is 6. The van der Waals surface area contributed by atoms with E-state index in [1.54, 1.807) is 17.8 Å². The van der Waals surface area contributed by atoms with Gasteiger partial charge in [-0.05, 0) is 55.9 Å². The molecule has 0 aliphatic carbocycles. The van der Waals surface area contributed by atoms with Gasteiger partial charge >= 0.3 is 0 Å². The molecule has 0 saturated carbocycles. The van der Waals surface area contributed by atoms with E-state index in [0.29, 0.717) is 23.8 Å². The van der Waals surface area contributed by atoms with Crippen LogP contribution >= 0.6 is 0 Å². The van der Waals surface area contributed by atoms with Crippen molar-refractivity contribution in [1.82, 2.24) is 19.4 Å². The first kappa shape index (κ1) is 23.3. The van der Waals surface area contributed by atoms with Gasteiger partial charge in [-0.3, -0.25) is 9.36 Å². The Labute approximate surface area is 216 Å². The zero-order chi connectivity index (χ0) is 25.5. The largest absolute Gasteiger partial charge is 0.381 e. The molecule has 0 amide bonds. The number of likely N-dealkylation sites (N-methyl/N-ethyl adjacent to an activating group) is 1. The van der Waals surface area contributed by atoms with Gasteiger partial charge in [0.2, 0.25) is 5.95 Å². The zero-order valence-corrected chi connectivity index (χ0v) is 21.5. The number of hydrogen-bond donors (Lipinski definition) is 2. The fraction of sp³-hybridized carbons (Fsp3) is 0.321. The molecule has 4 aromatic rings. The van der Waals surface area contributed by atoms with Crippen LogP contribution in [0.1, 0.15) is 5.56 Å². The summed E-state index contributed by atoms with van der Waals surface area (Å²) in [6.07, 6.45) is 1.78. The fourth-order valence-electron chi connectivity index (χ4n) is 5.20. The molecule has 9 nitrogen and oxygen atoms in total. The Hall–Kier alpha value is -4.11. The number of nitrogens with zero attached hydrogens (tertiary/aromatic N) is 6. The van der Waals surface area contributed by atoms with E-state index in [9.17, 15) is 4.79 Å². The monoisotopic (exact) mass is 496 g/mol. The number of aryl methyl sites for hydroxylation is 2. The topological polar surface area (TPSA) is 81.6 Å². The maximum Gasteiger partial charge on any atom is 0.275 e. The van der Waals surface area contributed by atoms with Gasteiger partial charge in [0.05, 0.1) is 11.4 Å². The fourth-order valence-corrected chi connectivity index (χ4v) is 5.20. The highest BCUT2D eigenvalue weighted by Crippen LogP contribution is 2.36. The normalized spacial score (nSPS) is 16.0. The molecule has 2 aromatic carbocycles. The van der Waals surface area contributed by atoms with E-state index in [1.165, 1.54) is 5.69 Å². The van der Waals surface area contributed by atoms with Crippen molar-refractivity contribution in [2.45, 2.75) is 6.92 Å². The maximum atomic E-state index is 13.5. The lowest BCUT2D eigenvalue weighted by molar-refractivity contribution is 0.313. The lowest BCUT2D eigenvalue weighted by Gasteiger charge is -2.34. The number of hydrogen-bond acceptors (Lipinski definition) is 8. The Bertz CT molecular complexity index is 1510. The summed E-state index contributed by atoms with van der Waals surface area (Å²) in [4.78, 5) is 29.6. The summed E-state index contributed by atoms with van der Waals surface area (Å²) in [5, 5.41) is 7.58. The quantitative estimate of drug-likeness (QED) is 0.443. The smallest absolute Gasteiger partial charge is 0.275 e. The molecule has 0 bridgehead atoms. The van der Waals surface area contributed by atoms with Crippen LogP contribution in [0.25, 0.3) is 11.0 Å². The molecule has 9 heteroatoms. The van der Waals surface area contributed by atoms with E-state index in [0.717, 1.165) is 60.7 Å². The number of pyridine rings is 1. The Morgan fingerprint density at radius 1 is 0.946 bits per heavy atom. The zero-order valence-electron chi connectivity index (χ0n) is 21.5. The average molecular weight is 497 g/mol. The van der Waals surface area contributed by atoms with E-state index in [4.69, 9.17) is 4.98 Å². The van der Waals surface area contributed by atoms with Crippen molar-refractivity contribution < 1.29 is 0 Å². The first-order valence-corrected chi connectivity index (χ1v) is 12.8. The molecule has 0 atom stereocenters. The highest BCUT2D eigenvalue weighted by atomic mass is 16.1. The predicted molar refractivity (Wildman–Crippen MR) is 151 cm³/mol. The van der Waals surface area contributed by atoms with Crippen LogP contribution in [-0.4, -0.2) is 65.8 Å². The highest BCUT2D eigenvalue weighted by molar-refractivity contribution is 5.85. The standard InChI is InChI=1S/C28H32N8O/c1-19-5-4-6-23-25(19)29-11-12-36(23)24-17-20-18-30-28(32-26(20)34(3)27(24)37)31-21-7-9-22(10-8-21)35-15-13-33(2)14-16-35/h4-10,17-18,29H,11-16H2,1-3H3,(H,30,31,32). The summed E-state index contributed by atoms with van der Waals surface area (Å²) < 4.78 is 1.62. The summed E-state index contributed by atoms with van der Waals surface area (Å²) in [5.74, 6) is 0.464. The molecule has 0 unspecified atom stereocenters. The molecule has 2 aliphatic heterocycles. The van der Waals surface area contributed by atoms with Crippen LogP contribution in [0.2, 0.25) is 0 Å². The lowest BCUT2D eigenvalue weighted by atomic mass is 10.1. The van der Waals surface area contributed by atoms with Gasteiger partial charge in [-0.25, -0.2) is 4.98 Å². The second-order valence-electron chi connectivity index (χ2n) is 9.88. The summed E-state index contributed by atoms with van der Waals surface area (Å²) in [7, 11) is 3.94. The van der Waals surface area contributed by atoms with E-state index in [1.807, 2.05) is 24.3 Å². The van der Waals surface area contributed by atoms with Crippen LogP contribution in [-0.2, 0) is 7.05 Å². The first-order valence-electron chi connectivity index (χ1n) is 12.8. The molecule has 2 aromatic heterocycles. The third-order valence-electron chi connectivity index (χ3n) is 7.39. The molecule has 0 radical (unpaired) electrons. The van der Waals surface area contributed by atoms with Gasteiger partial charge in [-0.15, -0.1) is 0 Å². The van der Waals surface area contributed by atoms with Gasteiger partial charge in [-0.1, -0.05) is 12.1 Å². The minimum atomic E-state index is -0.0805. The number of rotatable bonds is 4. The van der Waals surface area contributed by atoms with Crippen molar-refractivity contribution in [2.24, 2.45) is 7.05 Å². The summed E-state index contributed by atoms with van der Waals surface area (Å²) in [6.45, 7) is 7.78. The summed E-state index contributed by atoms with van der Waals surface area (Å²) in [6, 6.07) is 16.4. The molecule has 190 valence electrons. The average Bonchev–Trinajstić information content (AvgIpc) is 2.92. The van der Waals surface area contributed by atoms with Gasteiger partial charge in [0, 0.05) is 69.3 Å². The molecule has 1 fully saturated rings. The molecule has 6 rings (SSSR count). The lowest BCUT2D eigenvalue weighted by Crippen LogP contribution is -2.44. The van der Waals surface area contributed by atoms with Gasteiger partial charge in [0.15, 0.2) is 0 Å². The Morgan fingerprint density at radius 2 is 1.73 bits per heavy atom. The van der Waals surface area contributed by atoms with Crippen LogP contribution in [0.3, 0.4) is 0 Å². The second kappa shape index (κ2) is 9.40. The molecule has 2 N–H and O–H groups in total. The van der Waals surface area contributed by atoms with Crippen LogP contribution in [0, 0.1) is 6.92 Å². The Morgan fingerprint density at radius 3 is 2.51 bits per heavy atom. The van der Waals surface area contributed by atoms with Crippen molar-refractivity contribution in [3.63, 3.8) is 0 Å². The predicted octanol–water partition coefficient (Wildman–Crippen LogP) is 3.70. The van der Waals surface area contributed by atoms with E-state index >= 15 is 0 Å². The molecular formula is C28H32N8O. The van der Waals surface area contributed by atoms with Crippen LogP contribution < -0.4 is 26.0 Å². The molecule has 4 heterocycles. The second-order valence-corrected chi connectivity index (χ2v) is 9.88. The molecule has 0 spiro atoms. The van der Waals surface area contributed by atoms with Crippen molar-refractivity contribution in [3.8, 4) is 0 Å². The SMILES string of the molecule is Cc1cccc2c1NCCN2c1cc2cnc(Nc3ccc(N4CCN(C)CC4)cc3)nc2n(C)c1=O. The maximum absolute atomic E-state index is 13.5. The minimum absolute atomic E-state index is 0.0805. The Kier molecular flexibility index (Phi) is 5.92.